The van der Waals surface area contributed by atoms with Gasteiger partial charge in [0, 0.05) is 32.4 Å². The third-order valence-corrected chi connectivity index (χ3v) is 4.84. The molecule has 18 heavy (non-hydrogen) atoms. The van der Waals surface area contributed by atoms with E-state index in [9.17, 15) is 4.79 Å². The minimum absolute atomic E-state index is 0.126. The van der Waals surface area contributed by atoms with Gasteiger partial charge in [0.1, 0.15) is 0 Å². The van der Waals surface area contributed by atoms with Gasteiger partial charge in [-0.2, -0.15) is 0 Å². The summed E-state index contributed by atoms with van der Waals surface area (Å²) in [7, 11) is 0. The highest BCUT2D eigenvalue weighted by atomic mass is 79.9. The fourth-order valence-electron chi connectivity index (χ4n) is 2.27. The average Bonchev–Trinajstić information content (AvgIpc) is 2.36. The third kappa shape index (κ3) is 3.36. The monoisotopic (exact) mass is 437 g/mol. The van der Waals surface area contributed by atoms with Crippen LogP contribution in [0.2, 0.25) is 0 Å². The molecule has 2 nitrogen and oxygen atoms in total. The molecule has 1 atom stereocenters. The third-order valence-electron chi connectivity index (χ3n) is 3.18. The highest BCUT2D eigenvalue weighted by Gasteiger charge is 2.26. The normalized spacial score (nSPS) is 19.9. The second-order valence-corrected chi connectivity index (χ2v) is 6.94. The van der Waals surface area contributed by atoms with E-state index in [2.05, 4.69) is 47.8 Å². The molecule has 1 aliphatic heterocycles. The minimum atomic E-state index is 0.126. The van der Waals surface area contributed by atoms with Crippen molar-refractivity contribution in [1.82, 2.24) is 4.90 Å². The van der Waals surface area contributed by atoms with Crippen LogP contribution in [0, 0.1) is 0 Å². The largest absolute Gasteiger partial charge is 0.335 e. The predicted molar refractivity (Wildman–Crippen MR) is 84.3 cm³/mol. The molecule has 5 heteroatoms. The van der Waals surface area contributed by atoms with Gasteiger partial charge in [0.15, 0.2) is 0 Å². The van der Waals surface area contributed by atoms with Gasteiger partial charge in [-0.05, 0) is 37.5 Å². The quantitative estimate of drug-likeness (QED) is 0.616. The van der Waals surface area contributed by atoms with Crippen molar-refractivity contribution in [2.45, 2.75) is 25.3 Å². The Labute approximate surface area is 133 Å². The number of amides is 1. The van der Waals surface area contributed by atoms with Crippen molar-refractivity contribution < 1.29 is 4.79 Å². The van der Waals surface area contributed by atoms with Crippen LogP contribution < -0.4 is 0 Å². The number of hydrogen-bond donors (Lipinski definition) is 0. The van der Waals surface area contributed by atoms with Crippen LogP contribution in [0.5, 0.6) is 0 Å². The van der Waals surface area contributed by atoms with Gasteiger partial charge in [-0.1, -0.05) is 47.8 Å². The Hall–Kier alpha value is 0.130. The molecule has 0 N–H and O–H groups in total. The number of halogens is 3. The first-order valence-corrected chi connectivity index (χ1v) is 8.65. The van der Waals surface area contributed by atoms with E-state index in [-0.39, 0.29) is 5.91 Å². The lowest BCUT2D eigenvalue weighted by Gasteiger charge is -2.34. The Morgan fingerprint density at radius 2 is 1.89 bits per heavy atom. The van der Waals surface area contributed by atoms with Crippen LogP contribution in [-0.2, 0) is 0 Å². The second-order valence-electron chi connectivity index (χ2n) is 4.46. The molecule has 0 aromatic heterocycles. The number of nitrogens with zero attached hydrogens (tertiary/aromatic N) is 1. The second kappa shape index (κ2) is 6.53. The number of likely N-dealkylation sites (tertiary alicyclic amines) is 1. The van der Waals surface area contributed by atoms with E-state index in [4.69, 9.17) is 0 Å². The lowest BCUT2D eigenvalue weighted by atomic mass is 10.0. The summed E-state index contributed by atoms with van der Waals surface area (Å²) in [5.41, 5.74) is 0.740. The molecule has 0 radical (unpaired) electrons. The average molecular weight is 440 g/mol. The molecule has 0 bridgehead atoms. The molecule has 98 valence electrons. The summed E-state index contributed by atoms with van der Waals surface area (Å²) < 4.78 is 1.85. The minimum Gasteiger partial charge on any atom is -0.335 e. The summed E-state index contributed by atoms with van der Waals surface area (Å²) >= 11 is 10.4. The highest BCUT2D eigenvalue weighted by Crippen LogP contribution is 2.25. The van der Waals surface area contributed by atoms with Crippen LogP contribution in [0.4, 0.5) is 0 Å². The molecule has 1 fully saturated rings. The summed E-state index contributed by atoms with van der Waals surface area (Å²) in [5.74, 6) is 0.126. The van der Waals surface area contributed by atoms with E-state index in [1.807, 2.05) is 23.1 Å². The Bertz CT molecular complexity index is 430. The maximum Gasteiger partial charge on any atom is 0.254 e. The summed E-state index contributed by atoms with van der Waals surface area (Å²) in [4.78, 5) is 14.5. The standard InChI is InChI=1S/C13H14Br3NO/c14-8-12-3-1-2-4-17(12)13(18)9-5-10(15)7-11(16)6-9/h5-7,12H,1-4,8H2. The van der Waals surface area contributed by atoms with Crippen LogP contribution >= 0.6 is 47.8 Å². The first-order chi connectivity index (χ1) is 8.61. The fourth-order valence-corrected chi connectivity index (χ4v) is 4.24. The molecule has 1 unspecified atom stereocenters. The summed E-state index contributed by atoms with van der Waals surface area (Å²) in [6.45, 7) is 0.860. The fraction of sp³-hybridized carbons (Fsp3) is 0.462. The smallest absolute Gasteiger partial charge is 0.254 e. The zero-order chi connectivity index (χ0) is 13.1. The van der Waals surface area contributed by atoms with Crippen molar-refractivity contribution >= 4 is 53.7 Å². The zero-order valence-corrected chi connectivity index (χ0v) is 14.6. The SMILES string of the molecule is O=C(c1cc(Br)cc(Br)c1)N1CCCCC1CBr. The number of benzene rings is 1. The summed E-state index contributed by atoms with van der Waals surface area (Å²) in [6, 6.07) is 6.03. The van der Waals surface area contributed by atoms with Gasteiger partial charge in [-0.15, -0.1) is 0 Å². The lowest BCUT2D eigenvalue weighted by Crippen LogP contribution is -2.44. The molecule has 1 aromatic carbocycles. The predicted octanol–water partition coefficient (Wildman–Crippen LogP) is 4.60. The molecule has 0 saturated carbocycles. The van der Waals surface area contributed by atoms with Crippen LogP contribution in [0.25, 0.3) is 0 Å². The van der Waals surface area contributed by atoms with Crippen LogP contribution in [0.1, 0.15) is 29.6 Å². The molecule has 1 amide bonds. The Kier molecular flexibility index (Phi) is 5.27. The van der Waals surface area contributed by atoms with Gasteiger partial charge in [-0.25, -0.2) is 0 Å². The van der Waals surface area contributed by atoms with E-state index < -0.39 is 0 Å². The molecular weight excluding hydrogens is 426 g/mol. The maximum atomic E-state index is 12.5. The Balaban J connectivity index is 2.23. The van der Waals surface area contributed by atoms with Gasteiger partial charge < -0.3 is 4.90 Å². The Morgan fingerprint density at radius 1 is 1.22 bits per heavy atom. The van der Waals surface area contributed by atoms with E-state index in [0.717, 1.165) is 39.2 Å². The van der Waals surface area contributed by atoms with E-state index in [0.29, 0.717) is 6.04 Å². The first-order valence-electron chi connectivity index (χ1n) is 5.95. The molecule has 1 aromatic rings. The molecule has 0 spiro atoms. The summed E-state index contributed by atoms with van der Waals surface area (Å²) in [6.07, 6.45) is 3.40. The van der Waals surface area contributed by atoms with Crippen molar-refractivity contribution in [1.29, 1.82) is 0 Å². The zero-order valence-electron chi connectivity index (χ0n) is 9.83. The number of hydrogen-bond acceptors (Lipinski definition) is 1. The van der Waals surface area contributed by atoms with Gasteiger partial charge in [0.2, 0.25) is 0 Å². The lowest BCUT2D eigenvalue weighted by molar-refractivity contribution is 0.0642. The molecule has 2 rings (SSSR count). The van der Waals surface area contributed by atoms with Gasteiger partial charge in [0.05, 0.1) is 0 Å². The molecule has 0 aliphatic carbocycles. The first kappa shape index (κ1) is 14.5. The van der Waals surface area contributed by atoms with Gasteiger partial charge in [0.25, 0.3) is 5.91 Å². The number of rotatable bonds is 2. The van der Waals surface area contributed by atoms with E-state index >= 15 is 0 Å². The van der Waals surface area contributed by atoms with Crippen LogP contribution in [0.15, 0.2) is 27.1 Å². The molecule has 1 heterocycles. The maximum absolute atomic E-state index is 12.5. The molecule has 1 aliphatic rings. The van der Waals surface area contributed by atoms with Crippen molar-refractivity contribution in [3.8, 4) is 0 Å². The van der Waals surface area contributed by atoms with Crippen LogP contribution in [-0.4, -0.2) is 28.7 Å². The molecular formula is C13H14Br3NO. The van der Waals surface area contributed by atoms with Crippen molar-refractivity contribution in [3.63, 3.8) is 0 Å². The summed E-state index contributed by atoms with van der Waals surface area (Å²) in [5, 5.41) is 0.855. The van der Waals surface area contributed by atoms with Crippen molar-refractivity contribution in [2.75, 3.05) is 11.9 Å². The van der Waals surface area contributed by atoms with Crippen LogP contribution in [0.3, 0.4) is 0 Å². The highest BCUT2D eigenvalue weighted by molar-refractivity contribution is 9.11. The number of piperidine rings is 1. The van der Waals surface area contributed by atoms with Gasteiger partial charge in [-0.3, -0.25) is 4.79 Å². The van der Waals surface area contributed by atoms with Crippen molar-refractivity contribution in [3.05, 3.63) is 32.7 Å². The van der Waals surface area contributed by atoms with E-state index in [1.165, 1.54) is 6.42 Å². The number of carbonyl (C=O) groups excluding carboxylic acids is 1. The Morgan fingerprint density at radius 3 is 2.50 bits per heavy atom. The number of alkyl halides is 1. The topological polar surface area (TPSA) is 20.3 Å². The molecule has 1 saturated heterocycles. The van der Waals surface area contributed by atoms with Crippen molar-refractivity contribution in [2.24, 2.45) is 0 Å². The van der Waals surface area contributed by atoms with Gasteiger partial charge >= 0.3 is 0 Å². The number of carbonyl (C=O) groups is 1. The van der Waals surface area contributed by atoms with E-state index in [1.54, 1.807) is 0 Å².